The van der Waals surface area contributed by atoms with Crippen LogP contribution in [-0.4, -0.2) is 46.1 Å². The molecule has 176 valence electrons. The molecule has 1 aliphatic rings. The number of alkyl halides is 4. The molecule has 6 nitrogen and oxygen atoms in total. The molecule has 1 atom stereocenters. The highest BCUT2D eigenvalue weighted by Crippen LogP contribution is 2.39. The molecule has 3 heterocycles. The Bertz CT molecular complexity index is 1160. The summed E-state index contributed by atoms with van der Waals surface area (Å²) >= 11 is 0. The number of aliphatic hydroxyl groups excluding tert-OH is 1. The lowest BCUT2D eigenvalue weighted by molar-refractivity contribution is -0.138. The Hall–Kier alpha value is -2.98. The Labute approximate surface area is 187 Å². The van der Waals surface area contributed by atoms with Crippen LogP contribution < -0.4 is 4.74 Å². The minimum Gasteiger partial charge on any atom is -0.496 e. The van der Waals surface area contributed by atoms with Gasteiger partial charge < -0.3 is 19.1 Å². The van der Waals surface area contributed by atoms with Crippen molar-refractivity contribution in [3.05, 3.63) is 53.0 Å². The third kappa shape index (κ3) is 4.58. The van der Waals surface area contributed by atoms with Gasteiger partial charge in [-0.25, -0.2) is 9.37 Å². The Morgan fingerprint density at radius 3 is 2.64 bits per heavy atom. The Morgan fingerprint density at radius 2 is 1.97 bits per heavy atom. The Morgan fingerprint density at radius 1 is 1.18 bits per heavy atom. The first kappa shape index (κ1) is 23.2. The van der Waals surface area contributed by atoms with Crippen LogP contribution in [0.15, 0.2) is 30.3 Å². The van der Waals surface area contributed by atoms with Crippen molar-refractivity contribution in [1.29, 1.82) is 0 Å². The first-order valence-corrected chi connectivity index (χ1v) is 10.4. The van der Waals surface area contributed by atoms with Gasteiger partial charge in [0.15, 0.2) is 0 Å². The SMILES string of the molecule is COc1cc(-c2nc(-c3cc(C)nc(CO)c3)c3n2C[C@@H](CF)OCC3)ccc1C(F)(F)F. The van der Waals surface area contributed by atoms with Gasteiger partial charge in [-0.05, 0) is 31.2 Å². The molecule has 10 heteroatoms. The van der Waals surface area contributed by atoms with Gasteiger partial charge in [0, 0.05) is 28.9 Å². The first-order valence-electron chi connectivity index (χ1n) is 10.4. The van der Waals surface area contributed by atoms with Crippen LogP contribution in [0.4, 0.5) is 17.6 Å². The van der Waals surface area contributed by atoms with Crippen molar-refractivity contribution in [1.82, 2.24) is 14.5 Å². The van der Waals surface area contributed by atoms with Crippen LogP contribution in [0.2, 0.25) is 0 Å². The quantitative estimate of drug-likeness (QED) is 0.568. The van der Waals surface area contributed by atoms with E-state index < -0.39 is 24.5 Å². The number of fused-ring (bicyclic) bond motifs is 1. The molecule has 0 bridgehead atoms. The standard InChI is InChI=1S/C23H23F4N3O3/c1-13-7-15(8-16(12-31)28-13)21-19-5-6-33-17(10-24)11-30(19)22(29-21)14-3-4-18(23(25,26)27)20(9-14)32-2/h3-4,7-9,17,31H,5-6,10-12H2,1-2H3/t17-/m1/s1. The maximum atomic E-state index is 13.5. The maximum Gasteiger partial charge on any atom is 0.419 e. The van der Waals surface area contributed by atoms with Gasteiger partial charge in [-0.3, -0.25) is 4.98 Å². The molecule has 0 saturated heterocycles. The topological polar surface area (TPSA) is 69.4 Å². The highest BCUT2D eigenvalue weighted by atomic mass is 19.4. The fourth-order valence-corrected chi connectivity index (χ4v) is 4.08. The Kier molecular flexibility index (Phi) is 6.40. The fourth-order valence-electron chi connectivity index (χ4n) is 4.08. The highest BCUT2D eigenvalue weighted by molar-refractivity contribution is 5.70. The molecule has 2 aromatic heterocycles. The summed E-state index contributed by atoms with van der Waals surface area (Å²) in [5.41, 5.74) is 2.73. The lowest BCUT2D eigenvalue weighted by Crippen LogP contribution is -2.21. The van der Waals surface area contributed by atoms with Crippen LogP contribution >= 0.6 is 0 Å². The predicted molar refractivity (Wildman–Crippen MR) is 113 cm³/mol. The van der Waals surface area contributed by atoms with Crippen LogP contribution in [-0.2, 0) is 30.5 Å². The lowest BCUT2D eigenvalue weighted by Gasteiger charge is -2.16. The van der Waals surface area contributed by atoms with Gasteiger partial charge in [0.25, 0.3) is 0 Å². The predicted octanol–water partition coefficient (Wildman–Crippen LogP) is 4.35. The van der Waals surface area contributed by atoms with Crippen LogP contribution in [0.25, 0.3) is 22.6 Å². The summed E-state index contributed by atoms with van der Waals surface area (Å²) < 4.78 is 66.0. The molecular formula is C23H23F4N3O3. The van der Waals surface area contributed by atoms with Crippen molar-refractivity contribution in [3.63, 3.8) is 0 Å². The second-order valence-electron chi connectivity index (χ2n) is 7.80. The zero-order valence-electron chi connectivity index (χ0n) is 18.1. The molecule has 0 aliphatic carbocycles. The summed E-state index contributed by atoms with van der Waals surface area (Å²) in [5, 5.41) is 9.56. The smallest absolute Gasteiger partial charge is 0.419 e. The largest absolute Gasteiger partial charge is 0.496 e. The minimum atomic E-state index is -4.57. The third-order valence-corrected chi connectivity index (χ3v) is 5.53. The number of imidazole rings is 1. The van der Waals surface area contributed by atoms with E-state index >= 15 is 0 Å². The van der Waals surface area contributed by atoms with E-state index in [1.54, 1.807) is 17.6 Å². The van der Waals surface area contributed by atoms with E-state index in [2.05, 4.69) is 4.98 Å². The number of aliphatic hydroxyl groups is 1. The number of ether oxygens (including phenoxy) is 2. The maximum absolute atomic E-state index is 13.5. The van der Waals surface area contributed by atoms with Crippen LogP contribution in [0, 0.1) is 6.92 Å². The zero-order chi connectivity index (χ0) is 23.8. The monoisotopic (exact) mass is 465 g/mol. The number of aryl methyl sites for hydroxylation is 1. The molecular weight excluding hydrogens is 442 g/mol. The van der Waals surface area contributed by atoms with E-state index in [0.717, 1.165) is 11.8 Å². The van der Waals surface area contributed by atoms with Gasteiger partial charge in [0.05, 0.1) is 43.8 Å². The van der Waals surface area contributed by atoms with Gasteiger partial charge >= 0.3 is 6.18 Å². The van der Waals surface area contributed by atoms with Crippen molar-refractivity contribution in [3.8, 4) is 28.4 Å². The number of hydrogen-bond acceptors (Lipinski definition) is 5. The molecule has 0 radical (unpaired) electrons. The number of pyridine rings is 1. The third-order valence-electron chi connectivity index (χ3n) is 5.53. The van der Waals surface area contributed by atoms with Gasteiger partial charge in [-0.15, -0.1) is 0 Å². The molecule has 3 aromatic rings. The summed E-state index contributed by atoms with van der Waals surface area (Å²) in [7, 11) is 1.18. The van der Waals surface area contributed by atoms with Crippen LogP contribution in [0.3, 0.4) is 0 Å². The average Bonchev–Trinajstić information content (AvgIpc) is 3.00. The van der Waals surface area contributed by atoms with E-state index in [4.69, 9.17) is 14.5 Å². The molecule has 4 rings (SSSR count). The summed E-state index contributed by atoms with van der Waals surface area (Å²) in [5.74, 6) is 0.0594. The van der Waals surface area contributed by atoms with Crippen molar-refractivity contribution in [2.24, 2.45) is 0 Å². The number of methoxy groups -OCH3 is 1. The minimum absolute atomic E-state index is 0.161. The zero-order valence-corrected chi connectivity index (χ0v) is 18.1. The molecule has 0 unspecified atom stereocenters. The number of nitrogens with zero attached hydrogens (tertiary/aromatic N) is 3. The van der Waals surface area contributed by atoms with E-state index in [1.807, 2.05) is 6.07 Å². The normalized spacial score (nSPS) is 16.4. The summed E-state index contributed by atoms with van der Waals surface area (Å²) in [6, 6.07) is 7.10. The second-order valence-corrected chi connectivity index (χ2v) is 7.80. The van der Waals surface area contributed by atoms with Crippen LogP contribution in [0.1, 0.15) is 22.6 Å². The van der Waals surface area contributed by atoms with E-state index in [9.17, 15) is 22.7 Å². The second kappa shape index (κ2) is 9.11. The number of rotatable bonds is 5. The molecule has 33 heavy (non-hydrogen) atoms. The summed E-state index contributed by atoms with van der Waals surface area (Å²) in [6.07, 6.45) is -4.83. The summed E-state index contributed by atoms with van der Waals surface area (Å²) in [6.45, 7) is 1.28. The molecule has 1 aromatic carbocycles. The Balaban J connectivity index is 1.92. The van der Waals surface area contributed by atoms with Gasteiger partial charge in [0.2, 0.25) is 0 Å². The number of hydrogen-bond donors (Lipinski definition) is 1. The lowest BCUT2D eigenvalue weighted by atomic mass is 10.1. The van der Waals surface area contributed by atoms with E-state index in [1.165, 1.54) is 19.2 Å². The van der Waals surface area contributed by atoms with Crippen molar-refractivity contribution in [2.75, 3.05) is 20.4 Å². The van der Waals surface area contributed by atoms with Crippen molar-refractivity contribution >= 4 is 0 Å². The number of benzene rings is 1. The van der Waals surface area contributed by atoms with Crippen molar-refractivity contribution < 1.29 is 32.1 Å². The first-order chi connectivity index (χ1) is 15.7. The van der Waals surface area contributed by atoms with Gasteiger partial charge in [-0.1, -0.05) is 6.07 Å². The molecule has 0 fully saturated rings. The molecule has 1 N–H and O–H groups in total. The number of halogens is 4. The molecule has 0 saturated carbocycles. The number of aromatic nitrogens is 3. The van der Waals surface area contributed by atoms with Gasteiger partial charge in [-0.2, -0.15) is 13.2 Å². The summed E-state index contributed by atoms with van der Waals surface area (Å²) in [4.78, 5) is 9.04. The van der Waals surface area contributed by atoms with Crippen LogP contribution in [0.5, 0.6) is 5.75 Å². The van der Waals surface area contributed by atoms with E-state index in [0.29, 0.717) is 40.5 Å². The fraction of sp³-hybridized carbons (Fsp3) is 0.391. The van der Waals surface area contributed by atoms with E-state index in [-0.39, 0.29) is 25.5 Å². The van der Waals surface area contributed by atoms with Gasteiger partial charge in [0.1, 0.15) is 24.4 Å². The molecule has 1 aliphatic heterocycles. The highest BCUT2D eigenvalue weighted by Gasteiger charge is 2.35. The molecule has 0 spiro atoms. The van der Waals surface area contributed by atoms with Crippen molar-refractivity contribution in [2.45, 2.75) is 38.8 Å². The molecule has 0 amide bonds. The average molecular weight is 465 g/mol.